The smallest absolute Gasteiger partial charge is 0.337 e. The fourth-order valence-corrected chi connectivity index (χ4v) is 6.36. The predicted molar refractivity (Wildman–Crippen MR) is 164 cm³/mol. The first-order valence-corrected chi connectivity index (χ1v) is 15.8. The summed E-state index contributed by atoms with van der Waals surface area (Å²) in [7, 11) is -3.72. The number of carbonyl (C=O) groups is 1. The first-order valence-electron chi connectivity index (χ1n) is 13.9. The van der Waals surface area contributed by atoms with Gasteiger partial charge in [0.1, 0.15) is 5.75 Å². The van der Waals surface area contributed by atoms with Gasteiger partial charge in [-0.25, -0.2) is 13.2 Å². The Balaban J connectivity index is 2.21. The molecule has 7 nitrogen and oxygen atoms in total. The number of anilines is 1. The number of hydrogen-bond donors (Lipinski definition) is 2. The van der Waals surface area contributed by atoms with E-state index < -0.39 is 27.7 Å². The molecule has 1 aliphatic rings. The summed E-state index contributed by atoms with van der Waals surface area (Å²) in [6, 6.07) is 9.97. The molecular weight excluding hydrogens is 538 g/mol. The number of carboxylic acids is 1. The van der Waals surface area contributed by atoms with Crippen molar-refractivity contribution in [3.63, 3.8) is 0 Å². The third kappa shape index (κ3) is 6.28. The molecule has 4 rings (SSSR count). The van der Waals surface area contributed by atoms with Gasteiger partial charge in [-0.2, -0.15) is 0 Å². The van der Waals surface area contributed by atoms with E-state index in [-0.39, 0.29) is 0 Å². The van der Waals surface area contributed by atoms with Crippen LogP contribution in [-0.2, 0) is 26.0 Å². The van der Waals surface area contributed by atoms with Gasteiger partial charge >= 0.3 is 5.97 Å². The lowest BCUT2D eigenvalue weighted by Gasteiger charge is -2.32. The van der Waals surface area contributed by atoms with E-state index in [1.165, 1.54) is 0 Å². The zero-order valence-electron chi connectivity index (χ0n) is 25.5. The Labute approximate surface area is 244 Å². The molecule has 1 aliphatic heterocycles. The van der Waals surface area contributed by atoms with Gasteiger partial charge in [-0.1, -0.05) is 24.3 Å². The van der Waals surface area contributed by atoms with Crippen LogP contribution in [0.2, 0.25) is 0 Å². The summed E-state index contributed by atoms with van der Waals surface area (Å²) < 4.78 is 40.3. The van der Waals surface area contributed by atoms with Crippen LogP contribution in [0, 0.1) is 34.6 Å². The molecule has 0 saturated heterocycles. The molecule has 3 aromatic rings. The average Bonchev–Trinajstić information content (AvgIpc) is 2.86. The lowest BCUT2D eigenvalue weighted by Crippen LogP contribution is -2.29. The fraction of sp³-hybridized carbons (Fsp3) is 0.424. The van der Waals surface area contributed by atoms with Gasteiger partial charge in [0.2, 0.25) is 10.0 Å². The second-order valence-corrected chi connectivity index (χ2v) is 13.8. The summed E-state index contributed by atoms with van der Waals surface area (Å²) in [6.45, 7) is 15.9. The molecule has 0 aromatic heterocycles. The number of sulfonamides is 1. The number of hydrogen-bond acceptors (Lipinski definition) is 5. The standard InChI is InChI=1S/C33H41NO6S/c1-18-12-13-23(17-19(18)2)27-21(4)28(25-14-15-26-24(20(25)3)11-10-16-39-26)29(22(5)30(27)34-41(9,37)38)31(32(35)36)40-33(6,7)8/h12-15,17,31,34H,10-11,16H2,1-9H3,(H,35,36). The molecule has 0 spiro atoms. The zero-order valence-corrected chi connectivity index (χ0v) is 26.3. The van der Waals surface area contributed by atoms with Gasteiger partial charge in [0, 0.05) is 11.1 Å². The van der Waals surface area contributed by atoms with Crippen molar-refractivity contribution in [2.24, 2.45) is 0 Å². The van der Waals surface area contributed by atoms with E-state index in [1.54, 1.807) is 6.92 Å². The van der Waals surface area contributed by atoms with Crippen molar-refractivity contribution < 1.29 is 27.8 Å². The summed E-state index contributed by atoms with van der Waals surface area (Å²) in [4.78, 5) is 12.9. The van der Waals surface area contributed by atoms with E-state index in [9.17, 15) is 18.3 Å². The van der Waals surface area contributed by atoms with Crippen molar-refractivity contribution in [2.45, 2.75) is 79.9 Å². The number of benzene rings is 3. The van der Waals surface area contributed by atoms with Gasteiger partial charge in [-0.05, 0) is 124 Å². The minimum absolute atomic E-state index is 0.356. The SMILES string of the molecule is Cc1ccc(-c2c(C)c(-c3ccc4c(c3C)CCCO4)c(C(OC(C)(C)C)C(=O)O)c(C)c2NS(C)(=O)=O)cc1C. The molecule has 8 heteroatoms. The van der Waals surface area contributed by atoms with Crippen LogP contribution in [0.15, 0.2) is 30.3 Å². The van der Waals surface area contributed by atoms with Gasteiger partial charge in [0.05, 0.1) is 24.2 Å². The highest BCUT2D eigenvalue weighted by atomic mass is 32.2. The number of aliphatic carboxylic acids is 1. The fourth-order valence-electron chi connectivity index (χ4n) is 5.74. The van der Waals surface area contributed by atoms with Gasteiger partial charge < -0.3 is 14.6 Å². The molecule has 1 atom stereocenters. The van der Waals surface area contributed by atoms with Crippen molar-refractivity contribution in [1.82, 2.24) is 0 Å². The van der Waals surface area contributed by atoms with E-state index in [0.29, 0.717) is 29.0 Å². The predicted octanol–water partition coefficient (Wildman–Crippen LogP) is 7.20. The molecule has 2 N–H and O–H groups in total. The highest BCUT2D eigenvalue weighted by molar-refractivity contribution is 7.92. The topological polar surface area (TPSA) is 102 Å². The number of fused-ring (bicyclic) bond motifs is 1. The van der Waals surface area contributed by atoms with Crippen LogP contribution in [0.3, 0.4) is 0 Å². The molecule has 0 amide bonds. The third-order valence-electron chi connectivity index (χ3n) is 7.74. The molecular formula is C33H41NO6S. The van der Waals surface area contributed by atoms with Crippen LogP contribution < -0.4 is 9.46 Å². The molecule has 41 heavy (non-hydrogen) atoms. The number of carboxylic acid groups (broad SMARTS) is 1. The minimum Gasteiger partial charge on any atom is -0.493 e. The van der Waals surface area contributed by atoms with Crippen LogP contribution in [-0.4, -0.2) is 38.0 Å². The summed E-state index contributed by atoms with van der Waals surface area (Å²) in [5, 5.41) is 10.5. The maximum Gasteiger partial charge on any atom is 0.337 e. The van der Waals surface area contributed by atoms with Gasteiger partial charge in [0.25, 0.3) is 0 Å². The van der Waals surface area contributed by atoms with Crippen LogP contribution in [0.4, 0.5) is 5.69 Å². The lowest BCUT2D eigenvalue weighted by molar-refractivity contribution is -0.160. The van der Waals surface area contributed by atoms with Crippen molar-refractivity contribution in [2.75, 3.05) is 17.6 Å². The van der Waals surface area contributed by atoms with Crippen LogP contribution >= 0.6 is 0 Å². The van der Waals surface area contributed by atoms with Crippen molar-refractivity contribution >= 4 is 21.7 Å². The average molecular weight is 580 g/mol. The lowest BCUT2D eigenvalue weighted by atomic mass is 9.80. The molecule has 1 unspecified atom stereocenters. The van der Waals surface area contributed by atoms with Crippen molar-refractivity contribution in [1.29, 1.82) is 0 Å². The molecule has 220 valence electrons. The Morgan fingerprint density at radius 2 is 1.66 bits per heavy atom. The first kappa shape index (κ1) is 30.6. The summed E-state index contributed by atoms with van der Waals surface area (Å²) in [5.74, 6) is -0.300. The van der Waals surface area contributed by atoms with Crippen LogP contribution in [0.25, 0.3) is 22.3 Å². The Kier molecular flexibility index (Phi) is 8.31. The van der Waals surface area contributed by atoms with E-state index in [1.807, 2.05) is 78.8 Å². The van der Waals surface area contributed by atoms with Crippen LogP contribution in [0.5, 0.6) is 5.75 Å². The first-order chi connectivity index (χ1) is 19.0. The molecule has 0 aliphatic carbocycles. The highest BCUT2D eigenvalue weighted by Crippen LogP contribution is 2.49. The summed E-state index contributed by atoms with van der Waals surface area (Å²) in [5.41, 5.74) is 8.75. The summed E-state index contributed by atoms with van der Waals surface area (Å²) >= 11 is 0. The molecule has 0 bridgehead atoms. The monoisotopic (exact) mass is 579 g/mol. The van der Waals surface area contributed by atoms with E-state index in [4.69, 9.17) is 9.47 Å². The second-order valence-electron chi connectivity index (χ2n) is 12.1. The molecule has 0 fully saturated rings. The van der Waals surface area contributed by atoms with Gasteiger partial charge in [-0.3, -0.25) is 4.72 Å². The number of rotatable bonds is 7. The number of aryl methyl sites for hydroxylation is 2. The van der Waals surface area contributed by atoms with Crippen molar-refractivity contribution in [3.8, 4) is 28.0 Å². The third-order valence-corrected chi connectivity index (χ3v) is 8.32. The Bertz CT molecular complexity index is 1630. The summed E-state index contributed by atoms with van der Waals surface area (Å²) in [6.07, 6.45) is 1.52. The number of ether oxygens (including phenoxy) is 2. The van der Waals surface area contributed by atoms with Crippen molar-refractivity contribution in [3.05, 3.63) is 69.3 Å². The minimum atomic E-state index is -3.72. The Hall–Kier alpha value is -3.36. The molecule has 1 heterocycles. The van der Waals surface area contributed by atoms with Gasteiger partial charge in [-0.15, -0.1) is 0 Å². The zero-order chi connectivity index (χ0) is 30.4. The van der Waals surface area contributed by atoms with Crippen LogP contribution in [0.1, 0.15) is 72.2 Å². The normalized spacial score (nSPS) is 14.3. The second kappa shape index (κ2) is 11.1. The van der Waals surface area contributed by atoms with Gasteiger partial charge in [0.15, 0.2) is 6.10 Å². The molecule has 3 aromatic carbocycles. The number of nitrogens with one attached hydrogen (secondary N) is 1. The maximum absolute atomic E-state index is 12.9. The maximum atomic E-state index is 12.9. The Morgan fingerprint density at radius 3 is 2.24 bits per heavy atom. The quantitative estimate of drug-likeness (QED) is 0.307. The molecule has 0 saturated carbocycles. The highest BCUT2D eigenvalue weighted by Gasteiger charge is 2.35. The largest absolute Gasteiger partial charge is 0.493 e. The van der Waals surface area contributed by atoms with E-state index >= 15 is 0 Å². The van der Waals surface area contributed by atoms with E-state index in [2.05, 4.69) is 4.72 Å². The Morgan fingerprint density at radius 1 is 0.976 bits per heavy atom. The molecule has 0 radical (unpaired) electrons. The van der Waals surface area contributed by atoms with E-state index in [0.717, 1.165) is 69.4 Å².